The van der Waals surface area contributed by atoms with Crippen LogP contribution in [0.1, 0.15) is 6.92 Å². The molecule has 2 aromatic carbocycles. The van der Waals surface area contributed by atoms with Crippen molar-refractivity contribution in [2.24, 2.45) is 0 Å². The number of hydrogen-bond acceptors (Lipinski definition) is 4. The number of carbonyl (C=O) groups is 1. The van der Waals surface area contributed by atoms with Gasteiger partial charge >= 0.3 is 0 Å². The summed E-state index contributed by atoms with van der Waals surface area (Å²) in [6, 6.07) is 14.0. The molecule has 1 N–H and O–H groups in total. The summed E-state index contributed by atoms with van der Waals surface area (Å²) >= 11 is 0. The summed E-state index contributed by atoms with van der Waals surface area (Å²) in [5.41, 5.74) is 2.24. The van der Waals surface area contributed by atoms with Crippen molar-refractivity contribution < 1.29 is 9.21 Å². The van der Waals surface area contributed by atoms with Crippen LogP contribution in [-0.4, -0.2) is 10.9 Å². The molecule has 0 bridgehead atoms. The Kier molecular flexibility index (Phi) is 2.87. The molecule has 0 atom stereocenters. The third kappa shape index (κ3) is 2.14. The Morgan fingerprint density at radius 3 is 2.78 bits per heavy atom. The van der Waals surface area contributed by atoms with Crippen molar-refractivity contribution >= 4 is 33.5 Å². The van der Waals surface area contributed by atoms with E-state index in [0.717, 1.165) is 0 Å². The van der Waals surface area contributed by atoms with E-state index in [4.69, 9.17) is 4.42 Å². The van der Waals surface area contributed by atoms with E-state index in [9.17, 15) is 9.59 Å². The van der Waals surface area contributed by atoms with Crippen LogP contribution >= 0.6 is 0 Å². The van der Waals surface area contributed by atoms with Crippen molar-refractivity contribution in [3.63, 3.8) is 0 Å². The van der Waals surface area contributed by atoms with Crippen LogP contribution in [-0.2, 0) is 4.79 Å². The van der Waals surface area contributed by atoms with Gasteiger partial charge in [0.25, 0.3) is 0 Å². The van der Waals surface area contributed by atoms with Crippen LogP contribution < -0.4 is 10.7 Å². The molecule has 1 amide bonds. The van der Waals surface area contributed by atoms with Gasteiger partial charge in [0.05, 0.1) is 5.69 Å². The highest BCUT2D eigenvalue weighted by Crippen LogP contribution is 2.34. The van der Waals surface area contributed by atoms with E-state index in [1.54, 1.807) is 24.3 Å². The van der Waals surface area contributed by atoms with Crippen LogP contribution in [0.3, 0.4) is 0 Å². The van der Waals surface area contributed by atoms with Crippen LogP contribution in [0.25, 0.3) is 33.3 Å². The first-order valence-electron chi connectivity index (χ1n) is 7.16. The zero-order valence-electron chi connectivity index (χ0n) is 12.3. The highest BCUT2D eigenvalue weighted by molar-refractivity contribution is 6.08. The Balaban J connectivity index is 2.20. The third-order valence-electron chi connectivity index (χ3n) is 3.69. The predicted octanol–water partition coefficient (Wildman–Crippen LogP) is 3.40. The molecule has 23 heavy (non-hydrogen) atoms. The summed E-state index contributed by atoms with van der Waals surface area (Å²) < 4.78 is 5.82. The smallest absolute Gasteiger partial charge is 0.221 e. The molecule has 4 rings (SSSR count). The molecule has 0 saturated carbocycles. The Bertz CT molecular complexity index is 1100. The Morgan fingerprint density at radius 1 is 1.13 bits per heavy atom. The number of nitrogens with one attached hydrogen (secondary N) is 1. The van der Waals surface area contributed by atoms with Crippen molar-refractivity contribution in [1.82, 2.24) is 4.98 Å². The zero-order valence-corrected chi connectivity index (χ0v) is 12.3. The molecular weight excluding hydrogens is 292 g/mol. The molecule has 0 aromatic heterocycles. The first kappa shape index (κ1) is 13.5. The molecule has 0 fully saturated rings. The maximum absolute atomic E-state index is 12.4. The summed E-state index contributed by atoms with van der Waals surface area (Å²) in [6.07, 6.45) is 0. The SMILES string of the molecule is CC(=O)Nc1cccc2c(=O)cc3oc4ccccc4nc-3c12. The minimum Gasteiger partial charge on any atom is -0.453 e. The van der Waals surface area contributed by atoms with Gasteiger partial charge in [0, 0.05) is 23.8 Å². The Morgan fingerprint density at radius 2 is 1.96 bits per heavy atom. The fraction of sp³-hybridized carbons (Fsp3) is 0.0556. The number of nitrogens with zero attached hydrogens (tertiary/aromatic N) is 1. The average molecular weight is 304 g/mol. The van der Waals surface area contributed by atoms with Gasteiger partial charge in [0.15, 0.2) is 16.8 Å². The minimum atomic E-state index is -0.209. The summed E-state index contributed by atoms with van der Waals surface area (Å²) in [5.74, 6) is 0.193. The summed E-state index contributed by atoms with van der Waals surface area (Å²) in [5, 5.41) is 3.85. The molecule has 1 aliphatic carbocycles. The average Bonchev–Trinajstić information content (AvgIpc) is 2.53. The number of anilines is 1. The molecule has 1 heterocycles. The Hall–Kier alpha value is -3.21. The van der Waals surface area contributed by atoms with E-state index in [1.165, 1.54) is 13.0 Å². The highest BCUT2D eigenvalue weighted by Gasteiger charge is 2.18. The lowest BCUT2D eigenvalue weighted by molar-refractivity contribution is -0.114. The van der Waals surface area contributed by atoms with E-state index < -0.39 is 0 Å². The quantitative estimate of drug-likeness (QED) is 0.432. The molecule has 0 radical (unpaired) electrons. The predicted molar refractivity (Wildman–Crippen MR) is 88.7 cm³/mol. The Labute approximate surface area is 130 Å². The molecule has 1 aliphatic heterocycles. The standard InChI is InChI=1S/C18H12N2O3/c1-10(21)19-13-7-4-5-11-14(22)9-16-18(17(11)13)20-12-6-2-3-8-15(12)23-16/h2-9H,1H3,(H,19,21). The van der Waals surface area contributed by atoms with Gasteiger partial charge in [-0.05, 0) is 18.2 Å². The normalized spacial score (nSPS) is 11.2. The molecule has 112 valence electrons. The van der Waals surface area contributed by atoms with Gasteiger partial charge in [0.2, 0.25) is 5.91 Å². The molecule has 0 unspecified atom stereocenters. The van der Waals surface area contributed by atoms with Gasteiger partial charge in [-0.2, -0.15) is 0 Å². The van der Waals surface area contributed by atoms with Gasteiger partial charge in [-0.15, -0.1) is 0 Å². The second-order valence-electron chi connectivity index (χ2n) is 5.31. The molecule has 5 nitrogen and oxygen atoms in total. The molecule has 0 saturated heterocycles. The van der Waals surface area contributed by atoms with Crippen LogP contribution in [0.2, 0.25) is 0 Å². The second-order valence-corrected chi connectivity index (χ2v) is 5.31. The zero-order chi connectivity index (χ0) is 16.0. The number of hydrogen-bond donors (Lipinski definition) is 1. The molecular formula is C18H12N2O3. The number of para-hydroxylation sites is 2. The fourth-order valence-electron chi connectivity index (χ4n) is 2.76. The number of amides is 1. The van der Waals surface area contributed by atoms with Gasteiger partial charge < -0.3 is 9.73 Å². The fourth-order valence-corrected chi connectivity index (χ4v) is 2.76. The van der Waals surface area contributed by atoms with Crippen molar-refractivity contribution in [3.05, 3.63) is 58.8 Å². The number of carbonyl (C=O) groups excluding carboxylic acids is 1. The largest absolute Gasteiger partial charge is 0.453 e. The van der Waals surface area contributed by atoms with Gasteiger partial charge in [-0.3, -0.25) is 9.59 Å². The number of benzene rings is 3. The van der Waals surface area contributed by atoms with Gasteiger partial charge in [0.1, 0.15) is 11.2 Å². The van der Waals surface area contributed by atoms with E-state index in [2.05, 4.69) is 10.3 Å². The molecule has 2 aromatic rings. The number of fused-ring (bicyclic) bond motifs is 4. The monoisotopic (exact) mass is 304 g/mol. The van der Waals surface area contributed by atoms with Crippen molar-refractivity contribution in [2.75, 3.05) is 5.32 Å². The van der Waals surface area contributed by atoms with E-state index in [-0.39, 0.29) is 11.3 Å². The van der Waals surface area contributed by atoms with Crippen LogP contribution in [0.5, 0.6) is 0 Å². The first-order valence-corrected chi connectivity index (χ1v) is 7.16. The first-order chi connectivity index (χ1) is 11.1. The lowest BCUT2D eigenvalue weighted by Crippen LogP contribution is -2.10. The number of aromatic nitrogens is 1. The van der Waals surface area contributed by atoms with Crippen molar-refractivity contribution in [3.8, 4) is 11.5 Å². The summed E-state index contributed by atoms with van der Waals surface area (Å²) in [4.78, 5) is 28.5. The highest BCUT2D eigenvalue weighted by atomic mass is 16.3. The van der Waals surface area contributed by atoms with E-state index in [1.807, 2.05) is 18.2 Å². The van der Waals surface area contributed by atoms with Crippen molar-refractivity contribution in [1.29, 1.82) is 0 Å². The molecule has 0 spiro atoms. The maximum atomic E-state index is 12.4. The maximum Gasteiger partial charge on any atom is 0.221 e. The molecule has 5 heteroatoms. The van der Waals surface area contributed by atoms with Crippen LogP contribution in [0.4, 0.5) is 5.69 Å². The second kappa shape index (κ2) is 4.91. The van der Waals surface area contributed by atoms with Gasteiger partial charge in [-0.1, -0.05) is 24.3 Å². The van der Waals surface area contributed by atoms with E-state index >= 15 is 0 Å². The molecule has 2 aliphatic rings. The topological polar surface area (TPSA) is 72.2 Å². The number of rotatable bonds is 1. The summed E-state index contributed by atoms with van der Waals surface area (Å²) in [6.45, 7) is 1.43. The third-order valence-corrected chi connectivity index (χ3v) is 3.69. The lowest BCUT2D eigenvalue weighted by Gasteiger charge is -2.12. The van der Waals surface area contributed by atoms with Crippen LogP contribution in [0.15, 0.2) is 57.7 Å². The van der Waals surface area contributed by atoms with Crippen molar-refractivity contribution in [2.45, 2.75) is 6.92 Å². The lowest BCUT2D eigenvalue weighted by atomic mass is 10.0. The minimum absolute atomic E-state index is 0.166. The van der Waals surface area contributed by atoms with Gasteiger partial charge in [-0.25, -0.2) is 4.98 Å². The van der Waals surface area contributed by atoms with Crippen LogP contribution in [0, 0.1) is 0 Å². The summed E-state index contributed by atoms with van der Waals surface area (Å²) in [7, 11) is 0. The van der Waals surface area contributed by atoms with E-state index in [0.29, 0.717) is 39.0 Å².